The first kappa shape index (κ1) is 20.9. The largest absolute Gasteiger partial charge is 0.484 e. The average Bonchev–Trinajstić information content (AvgIpc) is 3.03. The summed E-state index contributed by atoms with van der Waals surface area (Å²) in [4.78, 5) is 6.71. The molecule has 0 atom stereocenters. The van der Waals surface area contributed by atoms with E-state index in [4.69, 9.17) is 4.74 Å². The van der Waals surface area contributed by atoms with Crippen molar-refractivity contribution in [3.05, 3.63) is 29.8 Å². The Morgan fingerprint density at radius 1 is 1.25 bits per heavy atom. The zero-order chi connectivity index (χ0) is 16.7. The summed E-state index contributed by atoms with van der Waals surface area (Å²) in [6.45, 7) is 3.65. The van der Waals surface area contributed by atoms with Gasteiger partial charge in [-0.25, -0.2) is 4.99 Å². The molecule has 1 aromatic rings. The van der Waals surface area contributed by atoms with Crippen LogP contribution in [0.25, 0.3) is 0 Å². The molecule has 0 saturated carbocycles. The number of likely N-dealkylation sites (tertiary alicyclic amines) is 1. The second-order valence-electron chi connectivity index (χ2n) is 5.38. The first-order valence-electron chi connectivity index (χ1n) is 7.80. The normalized spacial score (nSPS) is 15.2. The third-order valence-corrected chi connectivity index (χ3v) is 3.50. The molecule has 0 unspecified atom stereocenters. The molecular weight excluding hydrogens is 434 g/mol. The Bertz CT molecular complexity index is 532. The maximum absolute atomic E-state index is 12.3. The highest BCUT2D eigenvalue weighted by molar-refractivity contribution is 14.0. The third kappa shape index (κ3) is 6.74. The van der Waals surface area contributed by atoms with Gasteiger partial charge in [-0.3, -0.25) is 0 Å². The Labute approximate surface area is 157 Å². The molecule has 1 saturated heterocycles. The van der Waals surface area contributed by atoms with E-state index in [1.54, 1.807) is 24.3 Å². The molecule has 8 heteroatoms. The van der Waals surface area contributed by atoms with Gasteiger partial charge in [-0.05, 0) is 25.8 Å². The van der Waals surface area contributed by atoms with E-state index in [9.17, 15) is 13.2 Å². The highest BCUT2D eigenvalue weighted by Gasteiger charge is 2.28. The van der Waals surface area contributed by atoms with Gasteiger partial charge in [0.1, 0.15) is 5.75 Å². The van der Waals surface area contributed by atoms with Crippen LogP contribution < -0.4 is 10.1 Å². The van der Waals surface area contributed by atoms with Crippen LogP contribution in [0.2, 0.25) is 0 Å². The summed E-state index contributed by atoms with van der Waals surface area (Å²) in [5.41, 5.74) is 0.645. The zero-order valence-electron chi connectivity index (χ0n) is 13.6. The van der Waals surface area contributed by atoms with Crippen LogP contribution in [0.15, 0.2) is 29.3 Å². The van der Waals surface area contributed by atoms with Crippen molar-refractivity contribution >= 4 is 29.9 Å². The fourth-order valence-corrected chi connectivity index (χ4v) is 2.45. The van der Waals surface area contributed by atoms with Crippen molar-refractivity contribution in [1.29, 1.82) is 0 Å². The van der Waals surface area contributed by atoms with Crippen LogP contribution in [0.1, 0.15) is 25.3 Å². The number of aliphatic imine (C=N–C) groups is 1. The van der Waals surface area contributed by atoms with E-state index in [-0.39, 0.29) is 36.3 Å². The molecule has 0 radical (unpaired) electrons. The molecule has 1 aromatic carbocycles. The number of para-hydroxylation sites is 1. The molecule has 1 aliphatic heterocycles. The molecule has 0 aromatic heterocycles. The lowest BCUT2D eigenvalue weighted by Gasteiger charge is -2.21. The molecule has 1 N–H and O–H groups in total. The Balaban J connectivity index is 0.00000288. The summed E-state index contributed by atoms with van der Waals surface area (Å²) < 4.78 is 41.9. The van der Waals surface area contributed by atoms with Gasteiger partial charge in [0.25, 0.3) is 0 Å². The minimum absolute atomic E-state index is 0. The molecule has 0 amide bonds. The molecule has 136 valence electrons. The van der Waals surface area contributed by atoms with Crippen molar-refractivity contribution in [2.24, 2.45) is 4.99 Å². The first-order valence-corrected chi connectivity index (χ1v) is 7.80. The lowest BCUT2D eigenvalue weighted by molar-refractivity contribution is -0.153. The molecule has 4 nitrogen and oxygen atoms in total. The minimum Gasteiger partial charge on any atom is -0.484 e. The summed E-state index contributed by atoms with van der Waals surface area (Å²) in [5.74, 6) is 1.03. The van der Waals surface area contributed by atoms with Crippen molar-refractivity contribution < 1.29 is 17.9 Å². The van der Waals surface area contributed by atoms with Crippen LogP contribution in [0.4, 0.5) is 13.2 Å². The number of benzene rings is 1. The summed E-state index contributed by atoms with van der Waals surface area (Å²) in [5, 5.41) is 3.23. The van der Waals surface area contributed by atoms with Gasteiger partial charge in [0.05, 0.1) is 6.54 Å². The fourth-order valence-electron chi connectivity index (χ4n) is 2.45. The number of nitrogens with zero attached hydrogens (tertiary/aromatic N) is 2. The molecule has 1 fully saturated rings. The van der Waals surface area contributed by atoms with Gasteiger partial charge < -0.3 is 15.0 Å². The summed E-state index contributed by atoms with van der Waals surface area (Å²) in [6.07, 6.45) is -2.08. The summed E-state index contributed by atoms with van der Waals surface area (Å²) in [7, 11) is 0. The van der Waals surface area contributed by atoms with Crippen LogP contribution in [-0.2, 0) is 6.54 Å². The van der Waals surface area contributed by atoms with E-state index in [0.29, 0.717) is 5.56 Å². The van der Waals surface area contributed by atoms with Crippen molar-refractivity contribution in [1.82, 2.24) is 10.2 Å². The van der Waals surface area contributed by atoms with Gasteiger partial charge in [-0.1, -0.05) is 18.2 Å². The van der Waals surface area contributed by atoms with E-state index >= 15 is 0 Å². The van der Waals surface area contributed by atoms with Crippen LogP contribution in [-0.4, -0.2) is 43.3 Å². The monoisotopic (exact) mass is 457 g/mol. The van der Waals surface area contributed by atoms with Crippen molar-refractivity contribution in [3.8, 4) is 5.75 Å². The molecule has 0 bridgehead atoms. The highest BCUT2D eigenvalue weighted by Crippen LogP contribution is 2.23. The second-order valence-corrected chi connectivity index (χ2v) is 5.38. The maximum atomic E-state index is 12.3. The predicted octanol–water partition coefficient (Wildman–Crippen LogP) is 3.81. The van der Waals surface area contributed by atoms with E-state index < -0.39 is 12.8 Å². The van der Waals surface area contributed by atoms with E-state index in [0.717, 1.165) is 38.4 Å². The molecule has 0 spiro atoms. The zero-order valence-corrected chi connectivity index (χ0v) is 15.9. The van der Waals surface area contributed by atoms with Crippen molar-refractivity contribution in [2.45, 2.75) is 32.5 Å². The Morgan fingerprint density at radius 3 is 2.54 bits per heavy atom. The number of alkyl halides is 3. The Hall–Kier alpha value is -1.19. The quantitative estimate of drug-likeness (QED) is 0.415. The third-order valence-electron chi connectivity index (χ3n) is 3.50. The van der Waals surface area contributed by atoms with E-state index in [1.165, 1.54) is 0 Å². The van der Waals surface area contributed by atoms with Crippen LogP contribution >= 0.6 is 24.0 Å². The molecule has 1 heterocycles. The molecule has 0 aliphatic carbocycles. The molecule has 24 heavy (non-hydrogen) atoms. The number of guanidine groups is 1. The topological polar surface area (TPSA) is 36.9 Å². The Morgan fingerprint density at radius 2 is 1.92 bits per heavy atom. The number of rotatable bonds is 5. The van der Waals surface area contributed by atoms with Crippen molar-refractivity contribution in [3.63, 3.8) is 0 Å². The molecule has 1 aliphatic rings. The van der Waals surface area contributed by atoms with Gasteiger partial charge >= 0.3 is 6.18 Å². The van der Waals surface area contributed by atoms with Gasteiger partial charge in [0.15, 0.2) is 12.6 Å². The van der Waals surface area contributed by atoms with Crippen molar-refractivity contribution in [2.75, 3.05) is 26.2 Å². The number of ether oxygens (including phenoxy) is 1. The average molecular weight is 457 g/mol. The fraction of sp³-hybridized carbons (Fsp3) is 0.562. The second kappa shape index (κ2) is 9.95. The number of nitrogens with one attached hydrogen (secondary N) is 1. The smallest absolute Gasteiger partial charge is 0.422 e. The minimum atomic E-state index is -4.35. The van der Waals surface area contributed by atoms with E-state index in [1.807, 2.05) is 6.92 Å². The summed E-state index contributed by atoms with van der Waals surface area (Å²) in [6, 6.07) is 6.71. The molecule has 2 rings (SSSR count). The summed E-state index contributed by atoms with van der Waals surface area (Å²) >= 11 is 0. The number of hydrogen-bond donors (Lipinski definition) is 1. The lowest BCUT2D eigenvalue weighted by atomic mass is 10.2. The maximum Gasteiger partial charge on any atom is 0.422 e. The SMILES string of the molecule is CCNC(=NCc1ccccc1OCC(F)(F)F)N1CCCC1.I. The van der Waals surface area contributed by atoms with Crippen LogP contribution in [0, 0.1) is 0 Å². The van der Waals surface area contributed by atoms with Gasteiger partial charge in [0.2, 0.25) is 0 Å². The number of hydrogen-bond acceptors (Lipinski definition) is 2. The van der Waals surface area contributed by atoms with Gasteiger partial charge in [-0.2, -0.15) is 13.2 Å². The van der Waals surface area contributed by atoms with Crippen LogP contribution in [0.3, 0.4) is 0 Å². The standard InChI is InChI=1S/C16H22F3N3O.HI/c1-2-20-15(22-9-5-6-10-22)21-11-13-7-3-4-8-14(13)23-12-16(17,18)19;/h3-4,7-8H,2,5-6,9-12H2,1H3,(H,20,21);1H. The Kier molecular flexibility index (Phi) is 8.65. The molecular formula is C16H23F3IN3O. The van der Waals surface area contributed by atoms with Crippen LogP contribution in [0.5, 0.6) is 5.75 Å². The predicted molar refractivity (Wildman–Crippen MR) is 99.0 cm³/mol. The lowest BCUT2D eigenvalue weighted by Crippen LogP contribution is -2.39. The van der Waals surface area contributed by atoms with Gasteiger partial charge in [0, 0.05) is 25.2 Å². The van der Waals surface area contributed by atoms with E-state index in [2.05, 4.69) is 15.2 Å². The highest BCUT2D eigenvalue weighted by atomic mass is 127. The van der Waals surface area contributed by atoms with Gasteiger partial charge in [-0.15, -0.1) is 24.0 Å². The first-order chi connectivity index (χ1) is 11.0. The number of halogens is 4.